The van der Waals surface area contributed by atoms with Crippen molar-refractivity contribution in [2.75, 3.05) is 33.2 Å². The fourth-order valence-electron chi connectivity index (χ4n) is 2.13. The Labute approximate surface area is 112 Å². The summed E-state index contributed by atoms with van der Waals surface area (Å²) in [6, 6.07) is 5.72. The second-order valence-electron chi connectivity index (χ2n) is 5.00. The molecule has 0 spiro atoms. The van der Waals surface area contributed by atoms with Gasteiger partial charge in [-0.3, -0.25) is 4.79 Å². The molecule has 1 saturated heterocycles. The summed E-state index contributed by atoms with van der Waals surface area (Å²) in [7, 11) is 2.13. The Kier molecular flexibility index (Phi) is 4.37. The van der Waals surface area contributed by atoms with E-state index in [9.17, 15) is 9.18 Å². The summed E-state index contributed by atoms with van der Waals surface area (Å²) >= 11 is 0. The maximum absolute atomic E-state index is 12.8. The minimum atomic E-state index is -0.538. The number of amides is 1. The topological polar surface area (TPSA) is 34.0 Å². The number of hydrogen-bond donors (Lipinski definition) is 1. The molecule has 0 aliphatic carbocycles. The summed E-state index contributed by atoms with van der Waals surface area (Å²) in [5.41, 5.74) is 0. The molecule has 0 aromatic heterocycles. The molecule has 0 unspecified atom stereocenters. The Hall–Kier alpha value is -1.62. The van der Waals surface area contributed by atoms with E-state index in [2.05, 4.69) is 7.05 Å². The van der Waals surface area contributed by atoms with Crippen LogP contribution in [0.2, 0.25) is 0 Å². The van der Waals surface area contributed by atoms with Crippen LogP contribution in [0, 0.1) is 5.82 Å². The molecule has 1 heterocycles. The first-order chi connectivity index (χ1) is 9.06. The second-order valence-corrected chi connectivity index (χ2v) is 5.00. The molecule has 1 fully saturated rings. The van der Waals surface area contributed by atoms with Crippen LogP contribution in [0.25, 0.3) is 0 Å². The van der Waals surface area contributed by atoms with Crippen molar-refractivity contribution in [2.45, 2.75) is 13.0 Å². The third-order valence-corrected chi connectivity index (χ3v) is 3.40. The Morgan fingerprint density at radius 1 is 1.32 bits per heavy atom. The number of halogens is 1. The van der Waals surface area contributed by atoms with E-state index in [0.717, 1.165) is 26.2 Å². The number of quaternary nitrogens is 1. The number of hydrogen-bond acceptors (Lipinski definition) is 2. The molecular formula is C14H20FN2O2+. The SMILES string of the molecule is C[C@@H](Oc1ccc(F)cc1)C(=O)N1CC[NH+](C)CC1. The molecule has 1 aromatic carbocycles. The number of benzene rings is 1. The normalized spacial score (nSPS) is 18.2. The summed E-state index contributed by atoms with van der Waals surface area (Å²) < 4.78 is 18.3. The standard InChI is InChI=1S/C14H19FN2O2/c1-11(19-13-5-3-12(15)4-6-13)14(18)17-9-7-16(2)8-10-17/h3-6,11H,7-10H2,1-2H3/p+1/t11-/m1/s1. The highest BCUT2D eigenvalue weighted by molar-refractivity contribution is 5.81. The van der Waals surface area contributed by atoms with Crippen LogP contribution in [0.5, 0.6) is 5.75 Å². The van der Waals surface area contributed by atoms with E-state index in [1.807, 2.05) is 4.90 Å². The van der Waals surface area contributed by atoms with Crippen LogP contribution in [-0.4, -0.2) is 50.1 Å². The molecule has 19 heavy (non-hydrogen) atoms. The molecule has 4 nitrogen and oxygen atoms in total. The summed E-state index contributed by atoms with van der Waals surface area (Å²) in [5, 5.41) is 0. The van der Waals surface area contributed by atoms with E-state index in [-0.39, 0.29) is 11.7 Å². The number of likely N-dealkylation sites (N-methyl/N-ethyl adjacent to an activating group) is 1. The van der Waals surface area contributed by atoms with Crippen molar-refractivity contribution in [1.29, 1.82) is 0 Å². The Balaban J connectivity index is 1.90. The molecule has 104 valence electrons. The van der Waals surface area contributed by atoms with E-state index < -0.39 is 6.10 Å². The van der Waals surface area contributed by atoms with Gasteiger partial charge in [-0.2, -0.15) is 0 Å². The number of carbonyl (C=O) groups is 1. The third-order valence-electron chi connectivity index (χ3n) is 3.40. The first-order valence-electron chi connectivity index (χ1n) is 6.58. The molecule has 0 radical (unpaired) electrons. The zero-order valence-electron chi connectivity index (χ0n) is 11.4. The minimum Gasteiger partial charge on any atom is -0.481 e. The van der Waals surface area contributed by atoms with Gasteiger partial charge < -0.3 is 14.5 Å². The highest BCUT2D eigenvalue weighted by Gasteiger charge is 2.26. The van der Waals surface area contributed by atoms with Gasteiger partial charge in [0, 0.05) is 0 Å². The molecule has 1 aliphatic rings. The van der Waals surface area contributed by atoms with E-state index in [1.165, 1.54) is 29.2 Å². The third kappa shape index (κ3) is 3.67. The van der Waals surface area contributed by atoms with Gasteiger partial charge in [0.2, 0.25) is 0 Å². The Morgan fingerprint density at radius 3 is 2.47 bits per heavy atom. The second kappa shape index (κ2) is 6.02. The number of nitrogens with one attached hydrogen (secondary N) is 1. The van der Waals surface area contributed by atoms with Crippen molar-refractivity contribution in [3.63, 3.8) is 0 Å². The molecule has 0 bridgehead atoms. The monoisotopic (exact) mass is 267 g/mol. The maximum atomic E-state index is 12.8. The van der Waals surface area contributed by atoms with Crippen molar-refractivity contribution < 1.29 is 18.8 Å². The van der Waals surface area contributed by atoms with Gasteiger partial charge in [0.05, 0.1) is 33.2 Å². The lowest BCUT2D eigenvalue weighted by Crippen LogP contribution is -3.12. The molecule has 2 rings (SSSR count). The lowest BCUT2D eigenvalue weighted by molar-refractivity contribution is -0.883. The van der Waals surface area contributed by atoms with Crippen LogP contribution >= 0.6 is 0 Å². The average molecular weight is 267 g/mol. The lowest BCUT2D eigenvalue weighted by atomic mass is 10.2. The molecule has 5 heteroatoms. The van der Waals surface area contributed by atoms with Gasteiger partial charge in [-0.05, 0) is 31.2 Å². The molecule has 1 amide bonds. The summed E-state index contributed by atoms with van der Waals surface area (Å²) in [5.74, 6) is 0.201. The highest BCUT2D eigenvalue weighted by Crippen LogP contribution is 2.14. The van der Waals surface area contributed by atoms with Crippen LogP contribution in [0.3, 0.4) is 0 Å². The zero-order valence-corrected chi connectivity index (χ0v) is 11.4. The first kappa shape index (κ1) is 13.8. The van der Waals surface area contributed by atoms with Crippen molar-refractivity contribution in [3.05, 3.63) is 30.1 Å². The maximum Gasteiger partial charge on any atom is 0.263 e. The van der Waals surface area contributed by atoms with Crippen molar-refractivity contribution in [2.24, 2.45) is 0 Å². The molecular weight excluding hydrogens is 247 g/mol. The van der Waals surface area contributed by atoms with Gasteiger partial charge in [0.1, 0.15) is 11.6 Å². The molecule has 1 aliphatic heterocycles. The number of ether oxygens (including phenoxy) is 1. The van der Waals surface area contributed by atoms with Gasteiger partial charge >= 0.3 is 0 Å². The molecule has 1 atom stereocenters. The average Bonchev–Trinajstić information content (AvgIpc) is 2.41. The van der Waals surface area contributed by atoms with E-state index >= 15 is 0 Å². The minimum absolute atomic E-state index is 0.00294. The van der Waals surface area contributed by atoms with Crippen molar-refractivity contribution >= 4 is 5.91 Å². The number of rotatable bonds is 3. The van der Waals surface area contributed by atoms with Gasteiger partial charge in [-0.1, -0.05) is 0 Å². The summed E-state index contributed by atoms with van der Waals surface area (Å²) in [6.07, 6.45) is -0.538. The van der Waals surface area contributed by atoms with Crippen LogP contribution < -0.4 is 9.64 Å². The van der Waals surface area contributed by atoms with Gasteiger partial charge in [-0.15, -0.1) is 0 Å². The molecule has 0 saturated carbocycles. The Bertz CT molecular complexity index is 428. The van der Waals surface area contributed by atoms with Crippen LogP contribution in [0.15, 0.2) is 24.3 Å². The largest absolute Gasteiger partial charge is 0.481 e. The highest BCUT2D eigenvalue weighted by atomic mass is 19.1. The molecule has 1 aromatic rings. The summed E-state index contributed by atoms with van der Waals surface area (Å²) in [4.78, 5) is 15.5. The predicted molar refractivity (Wildman–Crippen MR) is 69.7 cm³/mol. The van der Waals surface area contributed by atoms with Crippen LogP contribution in [-0.2, 0) is 4.79 Å². The van der Waals surface area contributed by atoms with E-state index in [0.29, 0.717) is 5.75 Å². The summed E-state index contributed by atoms with van der Waals surface area (Å²) in [6.45, 7) is 5.20. The van der Waals surface area contributed by atoms with E-state index in [1.54, 1.807) is 6.92 Å². The predicted octanol–water partition coefficient (Wildman–Crippen LogP) is -0.0501. The smallest absolute Gasteiger partial charge is 0.263 e. The van der Waals surface area contributed by atoms with Crippen molar-refractivity contribution in [3.8, 4) is 5.75 Å². The lowest BCUT2D eigenvalue weighted by Gasteiger charge is -2.31. The quantitative estimate of drug-likeness (QED) is 0.833. The van der Waals surface area contributed by atoms with Gasteiger partial charge in [0.25, 0.3) is 5.91 Å². The first-order valence-corrected chi connectivity index (χ1v) is 6.58. The molecule has 1 N–H and O–H groups in total. The van der Waals surface area contributed by atoms with E-state index in [4.69, 9.17) is 4.74 Å². The fraction of sp³-hybridized carbons (Fsp3) is 0.500. The van der Waals surface area contributed by atoms with Crippen molar-refractivity contribution in [1.82, 2.24) is 4.90 Å². The number of nitrogens with zero attached hydrogens (tertiary/aromatic N) is 1. The van der Waals surface area contributed by atoms with Crippen LogP contribution in [0.4, 0.5) is 4.39 Å². The van der Waals surface area contributed by atoms with Crippen LogP contribution in [0.1, 0.15) is 6.92 Å². The Morgan fingerprint density at radius 2 is 1.89 bits per heavy atom. The van der Waals surface area contributed by atoms with Gasteiger partial charge in [-0.25, -0.2) is 4.39 Å². The fourth-order valence-corrected chi connectivity index (χ4v) is 2.13. The zero-order chi connectivity index (χ0) is 13.8. The van der Waals surface area contributed by atoms with Gasteiger partial charge in [0.15, 0.2) is 6.10 Å². The number of carbonyl (C=O) groups excluding carboxylic acids is 1. The number of piperazine rings is 1.